The van der Waals surface area contributed by atoms with Gasteiger partial charge in [0.05, 0.1) is 6.61 Å². The van der Waals surface area contributed by atoms with Crippen LogP contribution in [0, 0.1) is 0 Å². The van der Waals surface area contributed by atoms with Crippen LogP contribution in [0.15, 0.2) is 12.2 Å². The summed E-state index contributed by atoms with van der Waals surface area (Å²) in [6.45, 7) is 5.97. The van der Waals surface area contributed by atoms with Gasteiger partial charge >= 0.3 is 23.9 Å². The fourth-order valence-electron chi connectivity index (χ4n) is 8.89. The zero-order valence-electron chi connectivity index (χ0n) is 44.3. The predicted octanol–water partition coefficient (Wildman–Crippen LogP) is 14.1. The molecule has 1 rings (SSSR count). The molecule has 1 fully saturated rings. The van der Waals surface area contributed by atoms with Crippen molar-refractivity contribution in [3.8, 4) is 0 Å². The number of aliphatic hydroxyl groups excluding tert-OH is 2. The molecule has 0 spiro atoms. The van der Waals surface area contributed by atoms with Crippen LogP contribution >= 0.6 is 0 Å². The summed E-state index contributed by atoms with van der Waals surface area (Å²) in [5.41, 5.74) is 0. The third-order valence-electron chi connectivity index (χ3n) is 13.3. The van der Waals surface area contributed by atoms with E-state index in [1.165, 1.54) is 148 Å². The van der Waals surface area contributed by atoms with Crippen molar-refractivity contribution in [2.45, 2.75) is 314 Å². The second-order valence-corrected chi connectivity index (χ2v) is 19.9. The Bertz CT molecular complexity index is 1260. The lowest BCUT2D eigenvalue weighted by Crippen LogP contribution is -2.61. The first-order chi connectivity index (χ1) is 33.6. The Morgan fingerprint density at radius 3 is 1.23 bits per heavy atom. The Hall–Kier alpha value is -2.54. The van der Waals surface area contributed by atoms with Crippen molar-refractivity contribution in [3.63, 3.8) is 0 Å². The maximum atomic E-state index is 13.1. The van der Waals surface area contributed by atoms with Gasteiger partial charge in [-0.25, -0.2) is 4.79 Å². The molecule has 0 aliphatic carbocycles. The summed E-state index contributed by atoms with van der Waals surface area (Å²) in [6.07, 6.45) is 37.7. The molecule has 3 N–H and O–H groups in total. The summed E-state index contributed by atoms with van der Waals surface area (Å²) in [5, 5.41) is 31.3. The third kappa shape index (κ3) is 37.0. The minimum atomic E-state index is -1.89. The van der Waals surface area contributed by atoms with Crippen LogP contribution < -0.4 is 0 Å². The molecule has 404 valence electrons. The zero-order valence-corrected chi connectivity index (χ0v) is 44.3. The van der Waals surface area contributed by atoms with Gasteiger partial charge in [0.2, 0.25) is 0 Å². The van der Waals surface area contributed by atoms with Crippen molar-refractivity contribution in [2.24, 2.45) is 0 Å². The first kappa shape index (κ1) is 64.5. The van der Waals surface area contributed by atoms with Crippen molar-refractivity contribution in [1.82, 2.24) is 0 Å². The Morgan fingerprint density at radius 1 is 0.464 bits per heavy atom. The van der Waals surface area contributed by atoms with Gasteiger partial charge in [-0.3, -0.25) is 14.4 Å². The molecule has 12 heteroatoms. The number of unbranched alkanes of at least 4 members (excludes halogenated alkanes) is 33. The van der Waals surface area contributed by atoms with E-state index in [4.69, 9.17) is 23.7 Å². The van der Waals surface area contributed by atoms with Gasteiger partial charge < -0.3 is 39.0 Å². The Morgan fingerprint density at radius 2 is 0.826 bits per heavy atom. The number of rotatable bonds is 49. The molecule has 0 amide bonds. The van der Waals surface area contributed by atoms with E-state index in [0.717, 1.165) is 70.6 Å². The SMILES string of the molecule is CCCCCCCC/C=C\CCCCCCCCCC(=O)OCC(COC1OC(C(=O)O)C(O)C(O)C1OC(=O)CCCCCCCCCCC)OC(=O)CCCCCCCCCCCCCCC. The largest absolute Gasteiger partial charge is 0.479 e. The summed E-state index contributed by atoms with van der Waals surface area (Å²) in [4.78, 5) is 50.9. The van der Waals surface area contributed by atoms with Gasteiger partial charge in [0.15, 0.2) is 24.6 Å². The summed E-state index contributed by atoms with van der Waals surface area (Å²) in [5.74, 6) is -3.09. The molecule has 6 atom stereocenters. The average molecular weight is 981 g/mol. The lowest BCUT2D eigenvalue weighted by atomic mass is 9.98. The molecule has 0 radical (unpaired) electrons. The number of hydrogen-bond acceptors (Lipinski definition) is 11. The lowest BCUT2D eigenvalue weighted by Gasteiger charge is -2.40. The van der Waals surface area contributed by atoms with Crippen LogP contribution in [0.4, 0.5) is 0 Å². The highest BCUT2D eigenvalue weighted by atomic mass is 16.7. The van der Waals surface area contributed by atoms with E-state index in [9.17, 15) is 34.5 Å². The number of ether oxygens (including phenoxy) is 5. The van der Waals surface area contributed by atoms with Gasteiger partial charge in [-0.2, -0.15) is 0 Å². The van der Waals surface area contributed by atoms with E-state index in [-0.39, 0.29) is 25.9 Å². The molecule has 0 aromatic carbocycles. The Labute approximate surface area is 420 Å². The smallest absolute Gasteiger partial charge is 0.335 e. The zero-order chi connectivity index (χ0) is 50.4. The van der Waals surface area contributed by atoms with Gasteiger partial charge in [-0.1, -0.05) is 226 Å². The number of hydrogen-bond donors (Lipinski definition) is 3. The molecule has 1 aliphatic heterocycles. The molecular weight excluding hydrogens is 877 g/mol. The number of carbonyl (C=O) groups is 4. The number of esters is 3. The summed E-state index contributed by atoms with van der Waals surface area (Å²) in [7, 11) is 0. The highest BCUT2D eigenvalue weighted by molar-refractivity contribution is 5.74. The van der Waals surface area contributed by atoms with E-state index in [0.29, 0.717) is 19.3 Å². The first-order valence-electron chi connectivity index (χ1n) is 28.7. The van der Waals surface area contributed by atoms with E-state index in [1.807, 2.05) is 0 Å². The molecule has 1 heterocycles. The van der Waals surface area contributed by atoms with Crippen LogP contribution in [0.3, 0.4) is 0 Å². The van der Waals surface area contributed by atoms with Crippen molar-refractivity contribution < 1.29 is 58.2 Å². The van der Waals surface area contributed by atoms with Gasteiger partial charge in [0.25, 0.3) is 0 Å². The van der Waals surface area contributed by atoms with E-state index < -0.39 is 67.3 Å². The lowest BCUT2D eigenvalue weighted by molar-refractivity contribution is -0.301. The molecule has 0 saturated carbocycles. The molecule has 1 saturated heterocycles. The summed E-state index contributed by atoms with van der Waals surface area (Å²) >= 11 is 0. The molecule has 69 heavy (non-hydrogen) atoms. The quantitative estimate of drug-likeness (QED) is 0.0228. The second-order valence-electron chi connectivity index (χ2n) is 19.9. The molecule has 1 aliphatic rings. The number of carbonyl (C=O) groups excluding carboxylic acids is 3. The number of carboxylic acids is 1. The average Bonchev–Trinajstić information content (AvgIpc) is 3.33. The fourth-order valence-corrected chi connectivity index (χ4v) is 8.89. The van der Waals surface area contributed by atoms with Crippen LogP contribution in [-0.2, 0) is 42.9 Å². The van der Waals surface area contributed by atoms with Crippen LogP contribution in [0.5, 0.6) is 0 Å². The Kier molecular flexibility index (Phi) is 43.5. The van der Waals surface area contributed by atoms with Gasteiger partial charge in [0.1, 0.15) is 18.8 Å². The third-order valence-corrected chi connectivity index (χ3v) is 13.3. The fraction of sp³-hybridized carbons (Fsp3) is 0.895. The van der Waals surface area contributed by atoms with Gasteiger partial charge in [0, 0.05) is 19.3 Å². The monoisotopic (exact) mass is 981 g/mol. The molecular formula is C57H104O12. The van der Waals surface area contributed by atoms with Gasteiger partial charge in [-0.15, -0.1) is 0 Å². The predicted molar refractivity (Wildman–Crippen MR) is 276 cm³/mol. The maximum Gasteiger partial charge on any atom is 0.335 e. The highest BCUT2D eigenvalue weighted by Crippen LogP contribution is 2.26. The topological polar surface area (TPSA) is 175 Å². The Balaban J connectivity index is 2.66. The molecule has 0 aromatic heterocycles. The van der Waals surface area contributed by atoms with Crippen molar-refractivity contribution >= 4 is 23.9 Å². The van der Waals surface area contributed by atoms with E-state index in [1.54, 1.807) is 0 Å². The van der Waals surface area contributed by atoms with E-state index >= 15 is 0 Å². The summed E-state index contributed by atoms with van der Waals surface area (Å²) < 4.78 is 28.3. The van der Waals surface area contributed by atoms with Crippen LogP contribution in [0.1, 0.15) is 278 Å². The van der Waals surface area contributed by atoms with Crippen LogP contribution in [0.2, 0.25) is 0 Å². The molecule has 6 unspecified atom stereocenters. The molecule has 12 nitrogen and oxygen atoms in total. The van der Waals surface area contributed by atoms with Crippen LogP contribution in [-0.4, -0.2) is 89.2 Å². The van der Waals surface area contributed by atoms with Gasteiger partial charge in [-0.05, 0) is 44.9 Å². The highest BCUT2D eigenvalue weighted by Gasteiger charge is 2.50. The number of allylic oxidation sites excluding steroid dienone is 2. The minimum Gasteiger partial charge on any atom is -0.479 e. The number of carboxylic acid groups (broad SMARTS) is 1. The van der Waals surface area contributed by atoms with E-state index in [2.05, 4.69) is 32.9 Å². The van der Waals surface area contributed by atoms with Crippen molar-refractivity contribution in [1.29, 1.82) is 0 Å². The number of aliphatic carboxylic acids is 1. The normalized spacial score (nSPS) is 18.7. The summed E-state index contributed by atoms with van der Waals surface area (Å²) in [6, 6.07) is 0. The number of aliphatic hydroxyl groups is 2. The van der Waals surface area contributed by atoms with Crippen molar-refractivity contribution in [3.05, 3.63) is 12.2 Å². The standard InChI is InChI=1S/C57H104O12/c1-4-7-10-13-16-19-21-23-24-25-26-28-29-32-34-37-40-43-49(58)65-46-48(67-50(59)44-41-38-36-33-30-27-22-20-17-14-11-8-5-2)47-66-57-55(53(62)52(61)54(69-57)56(63)64)68-51(60)45-42-39-35-31-18-15-12-9-6-3/h23-24,48,52-55,57,61-62H,4-22,25-47H2,1-3H3,(H,63,64)/b24-23-. The first-order valence-corrected chi connectivity index (χ1v) is 28.7. The molecule has 0 bridgehead atoms. The molecule has 0 aromatic rings. The maximum absolute atomic E-state index is 13.1. The second kappa shape index (κ2) is 46.5. The minimum absolute atomic E-state index is 0.0663. The van der Waals surface area contributed by atoms with Crippen molar-refractivity contribution in [2.75, 3.05) is 13.2 Å². The van der Waals surface area contributed by atoms with Crippen LogP contribution in [0.25, 0.3) is 0 Å².